The van der Waals surface area contributed by atoms with Crippen molar-refractivity contribution in [3.63, 3.8) is 0 Å². The van der Waals surface area contributed by atoms with Crippen LogP contribution in [0.25, 0.3) is 0 Å². The minimum Gasteiger partial charge on any atom is -0.489 e. The van der Waals surface area contributed by atoms with Crippen LogP contribution in [-0.4, -0.2) is 11.8 Å². The molecule has 1 atom stereocenters. The Morgan fingerprint density at radius 2 is 1.77 bits per heavy atom. The molecule has 3 aromatic carbocycles. The molecule has 1 unspecified atom stereocenters. The van der Waals surface area contributed by atoms with Gasteiger partial charge in [0, 0.05) is 11.3 Å². The summed E-state index contributed by atoms with van der Waals surface area (Å²) in [5, 5.41) is 14.8. The molecule has 0 aliphatic heterocycles. The van der Waals surface area contributed by atoms with E-state index < -0.39 is 11.9 Å². The Morgan fingerprint density at radius 1 is 1.03 bits per heavy atom. The van der Waals surface area contributed by atoms with E-state index >= 15 is 0 Å². The second-order valence-corrected chi connectivity index (χ2v) is 6.65. The van der Waals surface area contributed by atoms with Gasteiger partial charge in [0.15, 0.2) is 0 Å². The molecular formula is C25H21N3O3. The number of hydrogen-bond donors (Lipinski definition) is 2. The number of benzene rings is 3. The summed E-state index contributed by atoms with van der Waals surface area (Å²) in [7, 11) is 0. The molecule has 0 saturated heterocycles. The fraction of sp³-hybridized carbons (Fsp3) is 0.0800. The van der Waals surface area contributed by atoms with E-state index in [1.54, 1.807) is 42.5 Å². The molecule has 0 fully saturated rings. The molecule has 0 aromatic heterocycles. The first-order chi connectivity index (χ1) is 15.1. The Kier molecular flexibility index (Phi) is 7.17. The SMILES string of the molecule is C=CC(=O)Nc1cccc(C(=O)NC(C#N)c2ccc(OCc3ccccc3)cc2)c1. The Bertz CT molecular complexity index is 1100. The molecular weight excluding hydrogens is 390 g/mol. The molecule has 2 amide bonds. The van der Waals surface area contributed by atoms with Crippen molar-refractivity contribution in [2.24, 2.45) is 0 Å². The first kappa shape index (κ1) is 21.3. The van der Waals surface area contributed by atoms with Crippen molar-refractivity contribution in [1.82, 2.24) is 5.32 Å². The van der Waals surface area contributed by atoms with Gasteiger partial charge in [0.2, 0.25) is 5.91 Å². The van der Waals surface area contributed by atoms with E-state index in [9.17, 15) is 14.9 Å². The molecule has 0 radical (unpaired) electrons. The summed E-state index contributed by atoms with van der Waals surface area (Å²) >= 11 is 0. The van der Waals surface area contributed by atoms with Crippen LogP contribution in [0.1, 0.15) is 27.5 Å². The summed E-state index contributed by atoms with van der Waals surface area (Å²) in [5.41, 5.74) is 2.48. The zero-order valence-corrected chi connectivity index (χ0v) is 16.7. The lowest BCUT2D eigenvalue weighted by molar-refractivity contribution is -0.111. The van der Waals surface area contributed by atoms with Gasteiger partial charge >= 0.3 is 0 Å². The zero-order chi connectivity index (χ0) is 22.1. The van der Waals surface area contributed by atoms with Crippen LogP contribution in [0.2, 0.25) is 0 Å². The van der Waals surface area contributed by atoms with Gasteiger partial charge in [-0.3, -0.25) is 9.59 Å². The summed E-state index contributed by atoms with van der Waals surface area (Å²) in [5.74, 6) is -0.131. The lowest BCUT2D eigenvalue weighted by atomic mass is 10.1. The van der Waals surface area contributed by atoms with Crippen molar-refractivity contribution in [1.29, 1.82) is 5.26 Å². The first-order valence-corrected chi connectivity index (χ1v) is 9.59. The number of anilines is 1. The van der Waals surface area contributed by atoms with Crippen molar-refractivity contribution < 1.29 is 14.3 Å². The maximum Gasteiger partial charge on any atom is 0.252 e. The number of carbonyl (C=O) groups excluding carboxylic acids is 2. The van der Waals surface area contributed by atoms with E-state index in [0.717, 1.165) is 11.6 Å². The number of nitrogens with zero attached hydrogens (tertiary/aromatic N) is 1. The molecule has 3 aromatic rings. The van der Waals surface area contributed by atoms with Crippen molar-refractivity contribution in [3.8, 4) is 11.8 Å². The summed E-state index contributed by atoms with van der Waals surface area (Å²) < 4.78 is 5.75. The molecule has 0 saturated carbocycles. The number of amides is 2. The highest BCUT2D eigenvalue weighted by Gasteiger charge is 2.16. The van der Waals surface area contributed by atoms with Gasteiger partial charge in [-0.1, -0.05) is 55.1 Å². The van der Waals surface area contributed by atoms with E-state index in [2.05, 4.69) is 23.3 Å². The van der Waals surface area contributed by atoms with E-state index in [4.69, 9.17) is 4.74 Å². The quantitative estimate of drug-likeness (QED) is 0.538. The molecule has 31 heavy (non-hydrogen) atoms. The van der Waals surface area contributed by atoms with Gasteiger partial charge in [0.1, 0.15) is 18.4 Å². The molecule has 0 aliphatic rings. The third-order valence-electron chi connectivity index (χ3n) is 4.44. The fourth-order valence-electron chi connectivity index (χ4n) is 2.83. The number of nitriles is 1. The number of hydrogen-bond acceptors (Lipinski definition) is 4. The smallest absolute Gasteiger partial charge is 0.252 e. The lowest BCUT2D eigenvalue weighted by Crippen LogP contribution is -2.27. The lowest BCUT2D eigenvalue weighted by Gasteiger charge is -2.14. The van der Waals surface area contributed by atoms with Crippen molar-refractivity contribution in [2.45, 2.75) is 12.6 Å². The highest BCUT2D eigenvalue weighted by molar-refractivity contribution is 6.00. The van der Waals surface area contributed by atoms with Gasteiger partial charge in [-0.2, -0.15) is 5.26 Å². The van der Waals surface area contributed by atoms with Gasteiger partial charge in [0.05, 0.1) is 6.07 Å². The Morgan fingerprint density at radius 3 is 2.45 bits per heavy atom. The topological polar surface area (TPSA) is 91.2 Å². The summed E-state index contributed by atoms with van der Waals surface area (Å²) in [6.07, 6.45) is 1.14. The molecule has 0 aliphatic carbocycles. The number of rotatable bonds is 8. The molecule has 3 rings (SSSR count). The minimum absolute atomic E-state index is 0.324. The van der Waals surface area contributed by atoms with E-state index in [0.29, 0.717) is 29.2 Å². The Labute approximate surface area is 180 Å². The maximum absolute atomic E-state index is 12.6. The average molecular weight is 411 g/mol. The molecule has 154 valence electrons. The van der Waals surface area contributed by atoms with Crippen molar-refractivity contribution in [3.05, 3.63) is 108 Å². The molecule has 0 heterocycles. The monoisotopic (exact) mass is 411 g/mol. The van der Waals surface area contributed by atoms with E-state index in [-0.39, 0.29) is 5.91 Å². The molecule has 0 bridgehead atoms. The maximum atomic E-state index is 12.6. The second-order valence-electron chi connectivity index (χ2n) is 6.65. The highest BCUT2D eigenvalue weighted by atomic mass is 16.5. The summed E-state index contributed by atoms with van der Waals surface area (Å²) in [4.78, 5) is 24.0. The number of ether oxygens (including phenoxy) is 1. The van der Waals surface area contributed by atoms with Gasteiger partial charge in [0.25, 0.3) is 5.91 Å². The predicted molar refractivity (Wildman–Crippen MR) is 118 cm³/mol. The van der Waals surface area contributed by atoms with Crippen LogP contribution in [0.3, 0.4) is 0 Å². The summed E-state index contributed by atoms with van der Waals surface area (Å²) in [6.45, 7) is 3.84. The average Bonchev–Trinajstić information content (AvgIpc) is 2.82. The van der Waals surface area contributed by atoms with Gasteiger partial charge in [-0.15, -0.1) is 0 Å². The molecule has 6 heteroatoms. The van der Waals surface area contributed by atoms with Crippen molar-refractivity contribution >= 4 is 17.5 Å². The minimum atomic E-state index is -0.831. The van der Waals surface area contributed by atoms with Crippen LogP contribution in [-0.2, 0) is 11.4 Å². The van der Waals surface area contributed by atoms with Gasteiger partial charge in [-0.25, -0.2) is 0 Å². The van der Waals surface area contributed by atoms with Crippen LogP contribution >= 0.6 is 0 Å². The third-order valence-corrected chi connectivity index (χ3v) is 4.44. The number of nitrogens with one attached hydrogen (secondary N) is 2. The molecule has 0 spiro atoms. The highest BCUT2D eigenvalue weighted by Crippen LogP contribution is 2.20. The van der Waals surface area contributed by atoms with E-state index in [1.807, 2.05) is 30.3 Å². The van der Waals surface area contributed by atoms with Crippen LogP contribution in [0.4, 0.5) is 5.69 Å². The first-order valence-electron chi connectivity index (χ1n) is 9.59. The third kappa shape index (κ3) is 6.05. The Hall–Kier alpha value is -4.37. The fourth-order valence-corrected chi connectivity index (χ4v) is 2.83. The van der Waals surface area contributed by atoms with Crippen LogP contribution in [0.15, 0.2) is 91.5 Å². The van der Waals surface area contributed by atoms with Gasteiger partial charge < -0.3 is 15.4 Å². The van der Waals surface area contributed by atoms with Crippen LogP contribution < -0.4 is 15.4 Å². The van der Waals surface area contributed by atoms with E-state index in [1.165, 1.54) is 6.07 Å². The Balaban J connectivity index is 1.63. The van der Waals surface area contributed by atoms with Crippen LogP contribution in [0, 0.1) is 11.3 Å². The van der Waals surface area contributed by atoms with Crippen molar-refractivity contribution in [2.75, 3.05) is 5.32 Å². The number of carbonyl (C=O) groups is 2. The second kappa shape index (κ2) is 10.4. The van der Waals surface area contributed by atoms with Gasteiger partial charge in [-0.05, 0) is 47.5 Å². The standard InChI is InChI=1S/C25H21N3O3/c1-2-24(29)27-21-10-6-9-20(15-21)25(30)28-23(16-26)19-11-13-22(14-12-19)31-17-18-7-4-3-5-8-18/h2-15,23H,1,17H2,(H,27,29)(H,28,30). The molecule has 6 nitrogen and oxygen atoms in total. The molecule has 2 N–H and O–H groups in total. The zero-order valence-electron chi connectivity index (χ0n) is 16.7. The van der Waals surface area contributed by atoms with Crippen LogP contribution in [0.5, 0.6) is 5.75 Å². The normalized spacial score (nSPS) is 10.9. The largest absolute Gasteiger partial charge is 0.489 e. The predicted octanol–water partition coefficient (Wildman–Crippen LogP) is 4.38. The summed E-state index contributed by atoms with van der Waals surface area (Å²) in [6, 6.07) is 24.5.